The van der Waals surface area contributed by atoms with Crippen molar-refractivity contribution >= 4 is 23.2 Å². The second-order valence-corrected chi connectivity index (χ2v) is 6.81. The number of halogens is 2. The molecular weight excluding hydrogens is 354 g/mol. The molecule has 2 aromatic carbocycles. The van der Waals surface area contributed by atoms with Crippen LogP contribution in [0.1, 0.15) is 26.7 Å². The first-order chi connectivity index (χ1) is 12.8. The largest absolute Gasteiger partial charge is 0.491 e. The van der Waals surface area contributed by atoms with Crippen molar-refractivity contribution in [2.45, 2.75) is 32.8 Å². The lowest BCUT2D eigenvalue weighted by molar-refractivity contribution is -0.131. The molecule has 5 nitrogen and oxygen atoms in total. The molecule has 2 aromatic rings. The zero-order valence-electron chi connectivity index (χ0n) is 15.0. The fourth-order valence-electron chi connectivity index (χ4n) is 2.65. The van der Waals surface area contributed by atoms with E-state index in [1.54, 1.807) is 24.3 Å². The predicted octanol–water partition coefficient (Wildman–Crippen LogP) is 4.11. The molecule has 2 N–H and O–H groups in total. The Morgan fingerprint density at radius 3 is 2.00 bits per heavy atom. The number of ether oxygens (including phenoxy) is 1. The van der Waals surface area contributed by atoms with Crippen molar-refractivity contribution in [3.05, 3.63) is 54.1 Å². The van der Waals surface area contributed by atoms with Crippen LogP contribution in [-0.2, 0) is 9.59 Å². The average molecular weight is 374 g/mol. The van der Waals surface area contributed by atoms with E-state index in [4.69, 9.17) is 4.74 Å². The average Bonchev–Trinajstić information content (AvgIpc) is 3.41. The second kappa shape index (κ2) is 7.34. The van der Waals surface area contributed by atoms with Gasteiger partial charge in [0.1, 0.15) is 11.2 Å². The first kappa shape index (κ1) is 18.8. The van der Waals surface area contributed by atoms with Crippen molar-refractivity contribution in [3.63, 3.8) is 0 Å². The van der Waals surface area contributed by atoms with Gasteiger partial charge in [0.2, 0.25) is 11.8 Å². The normalized spacial score (nSPS) is 14.6. The van der Waals surface area contributed by atoms with Crippen LogP contribution in [-0.4, -0.2) is 17.9 Å². The third kappa shape index (κ3) is 4.24. The van der Waals surface area contributed by atoms with Gasteiger partial charge in [0, 0.05) is 17.4 Å². The molecule has 0 heterocycles. The van der Waals surface area contributed by atoms with Crippen LogP contribution in [0, 0.1) is 17.0 Å². The molecule has 1 aliphatic carbocycles. The van der Waals surface area contributed by atoms with Crippen LogP contribution < -0.4 is 15.4 Å². The highest BCUT2D eigenvalue weighted by Gasteiger charge is 2.56. The molecular formula is C20H20F2N2O3. The number of hydrogen-bond acceptors (Lipinski definition) is 3. The minimum Gasteiger partial charge on any atom is -0.491 e. The number of carbonyl (C=O) groups excluding carboxylic acids is 2. The van der Waals surface area contributed by atoms with Gasteiger partial charge in [-0.05, 0) is 63.1 Å². The van der Waals surface area contributed by atoms with E-state index in [1.807, 2.05) is 13.8 Å². The Hall–Kier alpha value is -2.96. The molecule has 0 bridgehead atoms. The molecule has 0 atom stereocenters. The molecule has 0 aromatic heterocycles. The van der Waals surface area contributed by atoms with Crippen LogP contribution in [0.25, 0.3) is 0 Å². The minimum absolute atomic E-state index is 0.0418. The van der Waals surface area contributed by atoms with Gasteiger partial charge in [0.15, 0.2) is 11.6 Å². The van der Waals surface area contributed by atoms with Crippen molar-refractivity contribution < 1.29 is 23.1 Å². The Bertz CT molecular complexity index is 862. The van der Waals surface area contributed by atoms with Gasteiger partial charge in [-0.1, -0.05) is 0 Å². The maximum absolute atomic E-state index is 13.3. The van der Waals surface area contributed by atoms with Crippen molar-refractivity contribution in [2.75, 3.05) is 10.6 Å². The third-order valence-corrected chi connectivity index (χ3v) is 4.28. The molecule has 7 heteroatoms. The summed E-state index contributed by atoms with van der Waals surface area (Å²) >= 11 is 0. The van der Waals surface area contributed by atoms with Crippen molar-refractivity contribution in [2.24, 2.45) is 5.41 Å². The number of benzene rings is 2. The van der Waals surface area contributed by atoms with Crippen LogP contribution >= 0.6 is 0 Å². The van der Waals surface area contributed by atoms with Crippen molar-refractivity contribution in [1.29, 1.82) is 0 Å². The fourth-order valence-corrected chi connectivity index (χ4v) is 2.65. The zero-order chi connectivity index (χ0) is 19.6. The molecule has 0 unspecified atom stereocenters. The Kier molecular flexibility index (Phi) is 5.12. The molecule has 1 saturated carbocycles. The Morgan fingerprint density at radius 2 is 1.48 bits per heavy atom. The molecule has 3 rings (SSSR count). The lowest BCUT2D eigenvalue weighted by Gasteiger charge is -2.16. The summed E-state index contributed by atoms with van der Waals surface area (Å²) < 4.78 is 31.8. The fraction of sp³-hybridized carbons (Fsp3) is 0.300. The molecule has 0 spiro atoms. The van der Waals surface area contributed by atoms with Gasteiger partial charge >= 0.3 is 0 Å². The van der Waals surface area contributed by atoms with E-state index in [2.05, 4.69) is 10.6 Å². The summed E-state index contributed by atoms with van der Waals surface area (Å²) in [7, 11) is 0. The van der Waals surface area contributed by atoms with Gasteiger partial charge < -0.3 is 15.4 Å². The SMILES string of the molecule is CC(C)Oc1ccc(NC(=O)C2(C(=O)Nc3ccc(F)c(F)c3)CC2)cc1. The number of carbonyl (C=O) groups is 2. The van der Waals surface area contributed by atoms with E-state index in [0.717, 1.165) is 12.1 Å². The quantitative estimate of drug-likeness (QED) is 0.748. The maximum atomic E-state index is 13.3. The van der Waals surface area contributed by atoms with Crippen LogP contribution in [0.5, 0.6) is 5.75 Å². The molecule has 2 amide bonds. The second-order valence-electron chi connectivity index (χ2n) is 6.81. The lowest BCUT2D eigenvalue weighted by Crippen LogP contribution is -2.35. The standard InChI is InChI=1S/C20H20F2N2O3/c1-12(2)27-15-6-3-13(4-7-15)23-18(25)20(9-10-20)19(26)24-14-5-8-16(21)17(22)11-14/h3-8,11-12H,9-10H2,1-2H3,(H,23,25)(H,24,26). The summed E-state index contributed by atoms with van der Waals surface area (Å²) in [5.74, 6) is -2.35. The van der Waals surface area contributed by atoms with E-state index in [0.29, 0.717) is 24.3 Å². The summed E-state index contributed by atoms with van der Waals surface area (Å²) in [5, 5.41) is 5.21. The van der Waals surface area contributed by atoms with Gasteiger partial charge in [0.25, 0.3) is 0 Å². The highest BCUT2D eigenvalue weighted by molar-refractivity contribution is 6.16. The molecule has 142 valence electrons. The maximum Gasteiger partial charge on any atom is 0.240 e. The van der Waals surface area contributed by atoms with Gasteiger partial charge in [-0.15, -0.1) is 0 Å². The topological polar surface area (TPSA) is 67.4 Å². The lowest BCUT2D eigenvalue weighted by atomic mass is 10.0. The highest BCUT2D eigenvalue weighted by Crippen LogP contribution is 2.47. The number of anilines is 2. The van der Waals surface area contributed by atoms with Crippen LogP contribution in [0.15, 0.2) is 42.5 Å². The summed E-state index contributed by atoms with van der Waals surface area (Å²) in [5.41, 5.74) is -0.547. The first-order valence-electron chi connectivity index (χ1n) is 8.65. The molecule has 0 aliphatic heterocycles. The number of amides is 2. The van der Waals surface area contributed by atoms with Crippen LogP contribution in [0.2, 0.25) is 0 Å². The Morgan fingerprint density at radius 1 is 0.926 bits per heavy atom. The molecule has 0 saturated heterocycles. The summed E-state index contributed by atoms with van der Waals surface area (Å²) in [6, 6.07) is 9.91. The highest BCUT2D eigenvalue weighted by atomic mass is 19.2. The number of rotatable bonds is 6. The third-order valence-electron chi connectivity index (χ3n) is 4.28. The van der Waals surface area contributed by atoms with E-state index >= 15 is 0 Å². The first-order valence-corrected chi connectivity index (χ1v) is 8.65. The summed E-state index contributed by atoms with van der Waals surface area (Å²) in [6.45, 7) is 3.83. The molecule has 0 radical (unpaired) electrons. The predicted molar refractivity (Wildman–Crippen MR) is 97.5 cm³/mol. The van der Waals surface area contributed by atoms with E-state index < -0.39 is 28.9 Å². The van der Waals surface area contributed by atoms with Crippen LogP contribution in [0.4, 0.5) is 20.2 Å². The van der Waals surface area contributed by atoms with E-state index in [1.165, 1.54) is 6.07 Å². The van der Waals surface area contributed by atoms with E-state index in [9.17, 15) is 18.4 Å². The van der Waals surface area contributed by atoms with Gasteiger partial charge in [0.05, 0.1) is 6.10 Å². The minimum atomic E-state index is -1.20. The van der Waals surface area contributed by atoms with Crippen LogP contribution in [0.3, 0.4) is 0 Å². The van der Waals surface area contributed by atoms with Gasteiger partial charge in [-0.3, -0.25) is 9.59 Å². The molecule has 1 fully saturated rings. The summed E-state index contributed by atoms with van der Waals surface area (Å²) in [4.78, 5) is 25.1. The zero-order valence-corrected chi connectivity index (χ0v) is 15.0. The number of nitrogens with one attached hydrogen (secondary N) is 2. The Labute approximate surface area is 155 Å². The Balaban J connectivity index is 1.65. The monoisotopic (exact) mass is 374 g/mol. The van der Waals surface area contributed by atoms with Crippen molar-refractivity contribution in [3.8, 4) is 5.75 Å². The van der Waals surface area contributed by atoms with Crippen molar-refractivity contribution in [1.82, 2.24) is 0 Å². The number of hydrogen-bond donors (Lipinski definition) is 2. The smallest absolute Gasteiger partial charge is 0.240 e. The van der Waals surface area contributed by atoms with Gasteiger partial charge in [-0.25, -0.2) is 8.78 Å². The molecule has 27 heavy (non-hydrogen) atoms. The molecule has 1 aliphatic rings. The van der Waals surface area contributed by atoms with Gasteiger partial charge in [-0.2, -0.15) is 0 Å². The van der Waals surface area contributed by atoms with E-state index in [-0.39, 0.29) is 11.8 Å². The summed E-state index contributed by atoms with van der Waals surface area (Å²) in [6.07, 6.45) is 0.825.